The first-order valence-electron chi connectivity index (χ1n) is 4.24. The first-order chi connectivity index (χ1) is 5.67. The fraction of sp³-hybridized carbons (Fsp3) is 0.625. The van der Waals surface area contributed by atoms with Crippen molar-refractivity contribution in [1.82, 2.24) is 9.78 Å². The van der Waals surface area contributed by atoms with Crippen molar-refractivity contribution in [3.8, 4) is 0 Å². The fourth-order valence-electron chi connectivity index (χ4n) is 1.09. The van der Waals surface area contributed by atoms with Gasteiger partial charge in [-0.25, -0.2) is 4.68 Å². The second-order valence-electron chi connectivity index (χ2n) is 3.05. The van der Waals surface area contributed by atoms with Gasteiger partial charge in [-0.2, -0.15) is 5.10 Å². The molecule has 0 radical (unpaired) electrons. The van der Waals surface area contributed by atoms with E-state index in [4.69, 9.17) is 11.5 Å². The van der Waals surface area contributed by atoms with Gasteiger partial charge in [0.1, 0.15) is 0 Å². The molecule has 0 bridgehead atoms. The van der Waals surface area contributed by atoms with Crippen molar-refractivity contribution in [1.29, 1.82) is 0 Å². The largest absolute Gasteiger partial charge is 0.295 e. The average Bonchev–Trinajstić information content (AvgIpc) is 2.53. The van der Waals surface area contributed by atoms with Crippen molar-refractivity contribution in [2.45, 2.75) is 32.0 Å². The molecule has 12 heavy (non-hydrogen) atoms. The van der Waals surface area contributed by atoms with Crippen LogP contribution < -0.4 is 11.5 Å². The highest BCUT2D eigenvalue weighted by atomic mass is 15.4. The molecule has 0 aliphatic carbocycles. The van der Waals surface area contributed by atoms with Crippen molar-refractivity contribution in [3.05, 3.63) is 18.5 Å². The molecule has 68 valence electrons. The summed E-state index contributed by atoms with van der Waals surface area (Å²) in [7, 11) is 0. The third-order valence-corrected chi connectivity index (χ3v) is 1.86. The van der Waals surface area contributed by atoms with Crippen LogP contribution >= 0.6 is 0 Å². The van der Waals surface area contributed by atoms with E-state index >= 15 is 0 Å². The van der Waals surface area contributed by atoms with Crippen molar-refractivity contribution in [2.24, 2.45) is 11.5 Å². The number of nitrogens with zero attached hydrogens (tertiary/aromatic N) is 2. The molecule has 1 rings (SSSR count). The molecule has 0 aliphatic rings. The molecular formula is C8H16N4. The summed E-state index contributed by atoms with van der Waals surface area (Å²) in [4.78, 5) is 0. The number of aromatic nitrogens is 2. The standard InChI is InChI=1S/C8H16N4/c1-2-3-5-8(9,10)12-7-4-6-11-12/h4,6-7H,2-3,5,9-10H2,1H3. The molecule has 0 spiro atoms. The van der Waals surface area contributed by atoms with Crippen LogP contribution in [0.4, 0.5) is 0 Å². The Kier molecular flexibility index (Phi) is 2.83. The van der Waals surface area contributed by atoms with Crippen molar-refractivity contribution in [2.75, 3.05) is 0 Å². The average molecular weight is 168 g/mol. The molecule has 4 N–H and O–H groups in total. The van der Waals surface area contributed by atoms with Gasteiger partial charge in [0.25, 0.3) is 0 Å². The Labute approximate surface area is 72.5 Å². The van der Waals surface area contributed by atoms with Crippen molar-refractivity contribution < 1.29 is 0 Å². The lowest BCUT2D eigenvalue weighted by Crippen LogP contribution is -2.51. The number of hydrogen-bond donors (Lipinski definition) is 2. The zero-order chi connectivity index (χ0) is 9.03. The third-order valence-electron chi connectivity index (χ3n) is 1.86. The summed E-state index contributed by atoms with van der Waals surface area (Å²) < 4.78 is 1.60. The van der Waals surface area contributed by atoms with Crippen LogP contribution in [0.5, 0.6) is 0 Å². The highest BCUT2D eigenvalue weighted by Crippen LogP contribution is 2.09. The maximum Gasteiger partial charge on any atom is 0.161 e. The van der Waals surface area contributed by atoms with Gasteiger partial charge in [-0.1, -0.05) is 13.3 Å². The van der Waals surface area contributed by atoms with E-state index in [1.165, 1.54) is 0 Å². The highest BCUT2D eigenvalue weighted by molar-refractivity contribution is 4.84. The van der Waals surface area contributed by atoms with Crippen molar-refractivity contribution >= 4 is 0 Å². The van der Waals surface area contributed by atoms with Crippen molar-refractivity contribution in [3.63, 3.8) is 0 Å². The maximum atomic E-state index is 5.85. The molecule has 1 aromatic rings. The summed E-state index contributed by atoms with van der Waals surface area (Å²) in [6.45, 7) is 2.11. The SMILES string of the molecule is CCCCC(N)(N)n1cccn1. The molecule has 4 nitrogen and oxygen atoms in total. The van der Waals surface area contributed by atoms with Crippen LogP contribution in [0.3, 0.4) is 0 Å². The van der Waals surface area contributed by atoms with Gasteiger partial charge in [-0.3, -0.25) is 11.5 Å². The van der Waals surface area contributed by atoms with Crippen LogP contribution in [0.15, 0.2) is 18.5 Å². The van der Waals surface area contributed by atoms with Crippen LogP contribution in [-0.2, 0) is 5.79 Å². The van der Waals surface area contributed by atoms with Crippen LogP contribution in [-0.4, -0.2) is 9.78 Å². The smallest absolute Gasteiger partial charge is 0.161 e. The first-order valence-corrected chi connectivity index (χ1v) is 4.24. The number of hydrogen-bond acceptors (Lipinski definition) is 3. The van der Waals surface area contributed by atoms with Gasteiger partial charge in [0.15, 0.2) is 5.79 Å². The van der Waals surface area contributed by atoms with E-state index in [-0.39, 0.29) is 0 Å². The highest BCUT2D eigenvalue weighted by Gasteiger charge is 2.19. The van der Waals surface area contributed by atoms with Crippen LogP contribution in [0.25, 0.3) is 0 Å². The quantitative estimate of drug-likeness (QED) is 0.647. The molecular weight excluding hydrogens is 152 g/mol. The number of unbranched alkanes of at least 4 members (excludes halogenated alkanes) is 1. The molecule has 1 aromatic heterocycles. The minimum Gasteiger partial charge on any atom is -0.295 e. The molecule has 0 aliphatic heterocycles. The normalized spacial score (nSPS) is 11.9. The summed E-state index contributed by atoms with van der Waals surface area (Å²) in [5.74, 6) is -0.820. The second-order valence-corrected chi connectivity index (χ2v) is 3.05. The molecule has 0 saturated carbocycles. The first kappa shape index (κ1) is 9.22. The summed E-state index contributed by atoms with van der Waals surface area (Å²) in [5, 5.41) is 4.01. The molecule has 0 aromatic carbocycles. The lowest BCUT2D eigenvalue weighted by atomic mass is 10.1. The van der Waals surface area contributed by atoms with Crippen LogP contribution in [0.1, 0.15) is 26.2 Å². The Balaban J connectivity index is 2.59. The Bertz CT molecular complexity index is 215. The van der Waals surface area contributed by atoms with E-state index in [1.54, 1.807) is 17.1 Å². The monoisotopic (exact) mass is 168 g/mol. The molecule has 0 unspecified atom stereocenters. The van der Waals surface area contributed by atoms with Gasteiger partial charge >= 0.3 is 0 Å². The van der Waals surface area contributed by atoms with E-state index in [2.05, 4.69) is 12.0 Å². The lowest BCUT2D eigenvalue weighted by molar-refractivity contribution is 0.248. The molecule has 0 saturated heterocycles. The maximum absolute atomic E-state index is 5.85. The van der Waals surface area contributed by atoms with Crippen LogP contribution in [0, 0.1) is 0 Å². The van der Waals surface area contributed by atoms with E-state index < -0.39 is 5.79 Å². The zero-order valence-corrected chi connectivity index (χ0v) is 7.40. The van der Waals surface area contributed by atoms with E-state index in [9.17, 15) is 0 Å². The van der Waals surface area contributed by atoms with E-state index in [1.807, 2.05) is 6.07 Å². The molecule has 0 fully saturated rings. The number of rotatable bonds is 4. The summed E-state index contributed by atoms with van der Waals surface area (Å²) >= 11 is 0. The van der Waals surface area contributed by atoms with Gasteiger partial charge in [0, 0.05) is 12.4 Å². The zero-order valence-electron chi connectivity index (χ0n) is 7.40. The lowest BCUT2D eigenvalue weighted by Gasteiger charge is -2.24. The predicted molar refractivity (Wildman–Crippen MR) is 48.1 cm³/mol. The number of nitrogens with two attached hydrogens (primary N) is 2. The molecule has 4 heteroatoms. The molecule has 0 amide bonds. The summed E-state index contributed by atoms with van der Waals surface area (Å²) in [6.07, 6.45) is 6.34. The summed E-state index contributed by atoms with van der Waals surface area (Å²) in [6, 6.07) is 1.82. The van der Waals surface area contributed by atoms with E-state index in [0.717, 1.165) is 19.3 Å². The second kappa shape index (κ2) is 3.69. The Hall–Kier alpha value is -0.870. The Morgan fingerprint density at radius 3 is 2.75 bits per heavy atom. The third kappa shape index (κ3) is 2.06. The summed E-state index contributed by atoms with van der Waals surface area (Å²) in [5.41, 5.74) is 11.7. The fourth-order valence-corrected chi connectivity index (χ4v) is 1.09. The molecule has 0 atom stereocenters. The van der Waals surface area contributed by atoms with Gasteiger partial charge in [0.05, 0.1) is 0 Å². The van der Waals surface area contributed by atoms with Gasteiger partial charge < -0.3 is 0 Å². The van der Waals surface area contributed by atoms with Gasteiger partial charge in [-0.05, 0) is 18.9 Å². The van der Waals surface area contributed by atoms with E-state index in [0.29, 0.717) is 0 Å². The Morgan fingerprint density at radius 2 is 2.25 bits per heavy atom. The Morgan fingerprint density at radius 1 is 1.50 bits per heavy atom. The molecule has 1 heterocycles. The predicted octanol–water partition coefficient (Wildman–Crippen LogP) is 0.601. The topological polar surface area (TPSA) is 69.9 Å². The van der Waals surface area contributed by atoms with Gasteiger partial charge in [-0.15, -0.1) is 0 Å². The minimum atomic E-state index is -0.820. The van der Waals surface area contributed by atoms with Crippen LogP contribution in [0.2, 0.25) is 0 Å². The van der Waals surface area contributed by atoms with Gasteiger partial charge in [0.2, 0.25) is 0 Å². The minimum absolute atomic E-state index is 0.755.